The van der Waals surface area contributed by atoms with Crippen molar-refractivity contribution in [3.8, 4) is 0 Å². The molecule has 5 heteroatoms. The first-order valence-corrected chi connectivity index (χ1v) is 6.23. The minimum absolute atomic E-state index is 0.552. The minimum atomic E-state index is 0.552. The van der Waals surface area contributed by atoms with Crippen molar-refractivity contribution in [1.82, 2.24) is 14.4 Å². The summed E-state index contributed by atoms with van der Waals surface area (Å²) in [5.74, 6) is 0. The second-order valence-electron chi connectivity index (χ2n) is 4.18. The number of nitrogens with one attached hydrogen (secondary N) is 1. The van der Waals surface area contributed by atoms with Crippen molar-refractivity contribution in [1.29, 1.82) is 0 Å². The topological polar surface area (TPSA) is 33.1 Å². The number of pyridine rings is 1. The second kappa shape index (κ2) is 3.40. The predicted molar refractivity (Wildman–Crippen MR) is 74.6 cm³/mol. The molecule has 0 aliphatic carbocycles. The Bertz CT molecular complexity index is 905. The number of H-pyrrole nitrogens is 1. The smallest absolute Gasteiger partial charge is 0.158 e. The summed E-state index contributed by atoms with van der Waals surface area (Å²) >= 11 is 12.2. The number of nitrogens with zero attached hydrogens (tertiary/aromatic N) is 2. The van der Waals surface area contributed by atoms with Gasteiger partial charge in [-0.3, -0.25) is 4.40 Å². The summed E-state index contributed by atoms with van der Waals surface area (Å²) in [6.45, 7) is 0. The Morgan fingerprint density at radius 3 is 2.89 bits per heavy atom. The Balaban J connectivity index is 2.31. The number of hydrogen-bond donors (Lipinski definition) is 1. The zero-order chi connectivity index (χ0) is 12.3. The van der Waals surface area contributed by atoms with Crippen molar-refractivity contribution in [2.75, 3.05) is 0 Å². The lowest BCUT2D eigenvalue weighted by molar-refractivity contribution is 1.20. The molecule has 0 unspecified atom stereocenters. The van der Waals surface area contributed by atoms with Gasteiger partial charge in [0.1, 0.15) is 11.2 Å². The average Bonchev–Trinajstić information content (AvgIpc) is 2.86. The molecule has 0 bridgehead atoms. The zero-order valence-electron chi connectivity index (χ0n) is 9.11. The molecule has 0 spiro atoms. The van der Waals surface area contributed by atoms with Crippen LogP contribution in [0.1, 0.15) is 0 Å². The van der Waals surface area contributed by atoms with Crippen molar-refractivity contribution >= 4 is 50.9 Å². The van der Waals surface area contributed by atoms with Crippen LogP contribution in [0.25, 0.3) is 27.7 Å². The minimum Gasteiger partial charge on any atom is -0.339 e. The van der Waals surface area contributed by atoms with E-state index in [4.69, 9.17) is 23.2 Å². The summed E-state index contributed by atoms with van der Waals surface area (Å²) in [4.78, 5) is 7.92. The monoisotopic (exact) mass is 275 g/mol. The standard InChI is InChI=1S/C13H7Cl2N3/c14-7-5-9(15)12-17-11-8-3-1-2-4-10(8)16-13(11)18(12)6-7/h1-6,16H. The van der Waals surface area contributed by atoms with Gasteiger partial charge in [0.05, 0.1) is 10.0 Å². The van der Waals surface area contributed by atoms with Crippen molar-refractivity contribution in [3.05, 3.63) is 46.6 Å². The van der Waals surface area contributed by atoms with E-state index in [2.05, 4.69) is 9.97 Å². The number of hydrogen-bond acceptors (Lipinski definition) is 1. The summed E-state index contributed by atoms with van der Waals surface area (Å²) in [6, 6.07) is 9.75. The molecule has 1 N–H and O–H groups in total. The molecular formula is C13H7Cl2N3. The molecular weight excluding hydrogens is 269 g/mol. The third-order valence-electron chi connectivity index (χ3n) is 3.08. The molecule has 4 rings (SSSR count). The van der Waals surface area contributed by atoms with Crippen LogP contribution in [0, 0.1) is 0 Å². The van der Waals surface area contributed by atoms with Gasteiger partial charge in [-0.15, -0.1) is 0 Å². The molecule has 3 aromatic heterocycles. The Kier molecular flexibility index (Phi) is 1.93. The van der Waals surface area contributed by atoms with Gasteiger partial charge < -0.3 is 4.98 Å². The third kappa shape index (κ3) is 1.23. The molecule has 3 nitrogen and oxygen atoms in total. The normalized spacial score (nSPS) is 11.9. The number of aromatic amines is 1. The fraction of sp³-hybridized carbons (Fsp3) is 0. The van der Waals surface area contributed by atoms with Crippen LogP contribution in [0.15, 0.2) is 36.5 Å². The molecule has 3 heterocycles. The number of fused-ring (bicyclic) bond motifs is 5. The number of imidazole rings is 1. The lowest BCUT2D eigenvalue weighted by atomic mass is 10.2. The number of para-hydroxylation sites is 1. The van der Waals surface area contributed by atoms with E-state index >= 15 is 0 Å². The highest BCUT2D eigenvalue weighted by atomic mass is 35.5. The van der Waals surface area contributed by atoms with Crippen LogP contribution in [-0.4, -0.2) is 14.4 Å². The second-order valence-corrected chi connectivity index (χ2v) is 5.02. The van der Waals surface area contributed by atoms with Crippen LogP contribution in [0.2, 0.25) is 10.0 Å². The first-order chi connectivity index (χ1) is 8.74. The molecule has 0 saturated heterocycles. The molecule has 0 amide bonds. The molecule has 0 atom stereocenters. The molecule has 0 saturated carbocycles. The molecule has 0 fully saturated rings. The SMILES string of the molecule is Clc1cc(Cl)c2nc3c4ccccc4[nH]c3n2c1. The molecule has 0 aliphatic heterocycles. The van der Waals surface area contributed by atoms with E-state index in [0.29, 0.717) is 15.7 Å². The summed E-state index contributed by atoms with van der Waals surface area (Å²) in [5.41, 5.74) is 3.60. The van der Waals surface area contributed by atoms with Gasteiger partial charge in [0.15, 0.2) is 5.65 Å². The van der Waals surface area contributed by atoms with Crippen molar-refractivity contribution in [3.63, 3.8) is 0 Å². The largest absolute Gasteiger partial charge is 0.339 e. The maximum Gasteiger partial charge on any atom is 0.158 e. The maximum atomic E-state index is 6.16. The summed E-state index contributed by atoms with van der Waals surface area (Å²) < 4.78 is 1.89. The number of benzene rings is 1. The average molecular weight is 276 g/mol. The molecule has 18 heavy (non-hydrogen) atoms. The van der Waals surface area contributed by atoms with Crippen LogP contribution in [-0.2, 0) is 0 Å². The molecule has 4 aromatic rings. The van der Waals surface area contributed by atoms with E-state index in [9.17, 15) is 0 Å². The van der Waals surface area contributed by atoms with Gasteiger partial charge in [0.25, 0.3) is 0 Å². The Hall–Kier alpha value is -1.71. The highest BCUT2D eigenvalue weighted by Crippen LogP contribution is 2.29. The zero-order valence-corrected chi connectivity index (χ0v) is 10.6. The number of aromatic nitrogens is 3. The van der Waals surface area contributed by atoms with Crippen LogP contribution < -0.4 is 0 Å². The van der Waals surface area contributed by atoms with E-state index in [1.165, 1.54) is 0 Å². The van der Waals surface area contributed by atoms with E-state index in [-0.39, 0.29) is 0 Å². The van der Waals surface area contributed by atoms with Crippen LogP contribution in [0.4, 0.5) is 0 Å². The van der Waals surface area contributed by atoms with E-state index in [0.717, 1.165) is 22.1 Å². The molecule has 88 valence electrons. The molecule has 0 radical (unpaired) electrons. The fourth-order valence-electron chi connectivity index (χ4n) is 2.31. The van der Waals surface area contributed by atoms with E-state index in [1.807, 2.05) is 34.9 Å². The summed E-state index contributed by atoms with van der Waals surface area (Å²) in [5, 5.41) is 2.23. The number of rotatable bonds is 0. The van der Waals surface area contributed by atoms with E-state index in [1.54, 1.807) is 6.07 Å². The van der Waals surface area contributed by atoms with Crippen LogP contribution >= 0.6 is 23.2 Å². The molecule has 1 aromatic carbocycles. The predicted octanol–water partition coefficient (Wildman–Crippen LogP) is 4.28. The third-order valence-corrected chi connectivity index (χ3v) is 3.56. The van der Waals surface area contributed by atoms with Gasteiger partial charge in [0, 0.05) is 17.1 Å². The van der Waals surface area contributed by atoms with E-state index < -0.39 is 0 Å². The quantitative estimate of drug-likeness (QED) is 0.511. The summed E-state index contributed by atoms with van der Waals surface area (Å²) in [6.07, 6.45) is 1.81. The highest BCUT2D eigenvalue weighted by molar-refractivity contribution is 6.36. The lowest BCUT2D eigenvalue weighted by Crippen LogP contribution is -1.86. The molecule has 0 aliphatic rings. The van der Waals surface area contributed by atoms with Gasteiger partial charge in [-0.2, -0.15) is 0 Å². The Morgan fingerprint density at radius 1 is 1.17 bits per heavy atom. The van der Waals surface area contributed by atoms with Crippen molar-refractivity contribution < 1.29 is 0 Å². The van der Waals surface area contributed by atoms with Gasteiger partial charge in [0.2, 0.25) is 0 Å². The van der Waals surface area contributed by atoms with Gasteiger partial charge in [-0.05, 0) is 12.1 Å². The first kappa shape index (κ1) is 10.2. The Morgan fingerprint density at radius 2 is 2.00 bits per heavy atom. The van der Waals surface area contributed by atoms with Crippen LogP contribution in [0.5, 0.6) is 0 Å². The van der Waals surface area contributed by atoms with Crippen LogP contribution in [0.3, 0.4) is 0 Å². The highest BCUT2D eigenvalue weighted by Gasteiger charge is 2.13. The van der Waals surface area contributed by atoms with Crippen molar-refractivity contribution in [2.24, 2.45) is 0 Å². The Labute approximate surface area is 112 Å². The first-order valence-electron chi connectivity index (χ1n) is 5.47. The number of halogens is 2. The van der Waals surface area contributed by atoms with Crippen molar-refractivity contribution in [2.45, 2.75) is 0 Å². The van der Waals surface area contributed by atoms with Gasteiger partial charge in [-0.25, -0.2) is 4.98 Å². The summed E-state index contributed by atoms with van der Waals surface area (Å²) in [7, 11) is 0. The van der Waals surface area contributed by atoms with Gasteiger partial charge >= 0.3 is 0 Å². The lowest BCUT2D eigenvalue weighted by Gasteiger charge is -1.97. The maximum absolute atomic E-state index is 6.16. The van der Waals surface area contributed by atoms with Gasteiger partial charge in [-0.1, -0.05) is 41.4 Å². The fourth-order valence-corrected chi connectivity index (χ4v) is 2.82.